The molecule has 11 nitrogen and oxygen atoms in total. The number of benzene rings is 1. The van der Waals surface area contributed by atoms with Gasteiger partial charge in [-0.3, -0.25) is 18.7 Å². The normalized spacial score (nSPS) is 11.4. The lowest BCUT2D eigenvalue weighted by Gasteiger charge is -2.12. The fourth-order valence-corrected chi connectivity index (χ4v) is 2.94. The van der Waals surface area contributed by atoms with Gasteiger partial charge in [-0.2, -0.15) is 18.3 Å². The number of halogens is 3. The first-order valence-electron chi connectivity index (χ1n) is 9.05. The van der Waals surface area contributed by atoms with Gasteiger partial charge in [0.25, 0.3) is 5.56 Å². The van der Waals surface area contributed by atoms with E-state index in [1.807, 2.05) is 0 Å². The first-order valence-corrected chi connectivity index (χ1v) is 9.05. The second kappa shape index (κ2) is 8.29. The Morgan fingerprint density at radius 3 is 2.42 bits per heavy atom. The Kier molecular flexibility index (Phi) is 5.86. The quantitative estimate of drug-likeness (QED) is 0.409. The third-order valence-corrected chi connectivity index (χ3v) is 4.67. The Morgan fingerprint density at radius 2 is 1.79 bits per heavy atom. The molecule has 33 heavy (non-hydrogen) atoms. The minimum Gasteiger partial charge on any atom is -0.504 e. The second-order valence-electron chi connectivity index (χ2n) is 6.79. The van der Waals surface area contributed by atoms with E-state index < -0.39 is 69.9 Å². The number of para-hydroxylation sites is 1. The van der Waals surface area contributed by atoms with Crippen LogP contribution in [0.5, 0.6) is 5.75 Å². The molecule has 0 unspecified atom stereocenters. The van der Waals surface area contributed by atoms with Gasteiger partial charge in [-0.05, 0) is 12.1 Å². The molecule has 0 radical (unpaired) electrons. The first-order chi connectivity index (χ1) is 15.3. The van der Waals surface area contributed by atoms with Crippen LogP contribution in [0.1, 0.15) is 26.4 Å². The third kappa shape index (κ3) is 4.22. The van der Waals surface area contributed by atoms with Crippen molar-refractivity contribution < 1.29 is 32.6 Å². The van der Waals surface area contributed by atoms with Crippen LogP contribution in [-0.2, 0) is 25.0 Å². The number of ketones is 1. The number of hydrogen-bond donors (Lipinski definition) is 2. The number of aromatic nitrogens is 4. The lowest BCUT2D eigenvalue weighted by atomic mass is 10.2. The molecule has 0 atom stereocenters. The molecule has 1 aromatic carbocycles. The highest BCUT2D eigenvalue weighted by molar-refractivity contribution is 6.02. The SMILES string of the molecule is Cn1c(N)c(C(=O)COC(=O)c2nn(-c3ccccc3C(F)(F)F)cc2O)c(=O)n(C)c1=O. The molecule has 0 aliphatic heterocycles. The number of nitrogens with zero attached hydrogens (tertiary/aromatic N) is 4. The lowest BCUT2D eigenvalue weighted by Crippen LogP contribution is -2.42. The summed E-state index contributed by atoms with van der Waals surface area (Å²) in [5.41, 5.74) is 0.983. The molecule has 3 rings (SSSR count). The van der Waals surface area contributed by atoms with Crippen molar-refractivity contribution in [1.82, 2.24) is 18.9 Å². The van der Waals surface area contributed by atoms with E-state index in [2.05, 4.69) is 5.10 Å². The molecular formula is C19H16F3N5O6. The van der Waals surface area contributed by atoms with Crippen LogP contribution < -0.4 is 17.0 Å². The number of esters is 1. The number of hydrogen-bond acceptors (Lipinski definition) is 8. The first kappa shape index (κ1) is 23.3. The van der Waals surface area contributed by atoms with Crippen LogP contribution in [0, 0.1) is 0 Å². The zero-order valence-corrected chi connectivity index (χ0v) is 17.1. The molecule has 0 spiro atoms. The van der Waals surface area contributed by atoms with Crippen LogP contribution in [0.4, 0.5) is 19.0 Å². The average molecular weight is 467 g/mol. The lowest BCUT2D eigenvalue weighted by molar-refractivity contribution is -0.137. The molecule has 0 amide bonds. The van der Waals surface area contributed by atoms with Crippen molar-refractivity contribution in [3.05, 3.63) is 68.1 Å². The number of anilines is 1. The van der Waals surface area contributed by atoms with Crippen LogP contribution in [0.3, 0.4) is 0 Å². The molecule has 3 aromatic rings. The summed E-state index contributed by atoms with van der Waals surface area (Å²) in [6.07, 6.45) is -3.96. The van der Waals surface area contributed by atoms with Crippen LogP contribution in [0.25, 0.3) is 5.69 Å². The molecule has 0 saturated carbocycles. The Hall–Kier alpha value is -4.36. The van der Waals surface area contributed by atoms with Gasteiger partial charge in [-0.1, -0.05) is 12.1 Å². The van der Waals surface area contributed by atoms with Crippen LogP contribution in [0.2, 0.25) is 0 Å². The predicted octanol–water partition coefficient (Wildman–Crippen LogP) is 0.616. The van der Waals surface area contributed by atoms with Crippen LogP contribution in [-0.4, -0.2) is 42.4 Å². The highest BCUT2D eigenvalue weighted by Crippen LogP contribution is 2.34. The number of ether oxygens (including phenoxy) is 1. The monoisotopic (exact) mass is 467 g/mol. The summed E-state index contributed by atoms with van der Waals surface area (Å²) < 4.78 is 46.6. The van der Waals surface area contributed by atoms with E-state index in [9.17, 15) is 37.5 Å². The molecule has 0 saturated heterocycles. The zero-order valence-electron chi connectivity index (χ0n) is 17.1. The highest BCUT2D eigenvalue weighted by atomic mass is 19.4. The Balaban J connectivity index is 1.86. The molecule has 0 aliphatic carbocycles. The second-order valence-corrected chi connectivity index (χ2v) is 6.79. The fraction of sp³-hybridized carbons (Fsp3) is 0.211. The van der Waals surface area contributed by atoms with Gasteiger partial charge in [0.05, 0.1) is 17.4 Å². The minimum atomic E-state index is -4.73. The van der Waals surface area contributed by atoms with Crippen molar-refractivity contribution >= 4 is 17.6 Å². The Labute approximate surface area is 182 Å². The summed E-state index contributed by atoms with van der Waals surface area (Å²) in [5.74, 6) is -3.63. The zero-order chi connectivity index (χ0) is 24.7. The van der Waals surface area contributed by atoms with Crippen molar-refractivity contribution in [3.8, 4) is 11.4 Å². The van der Waals surface area contributed by atoms with E-state index in [0.717, 1.165) is 36.0 Å². The Bertz CT molecular complexity index is 1390. The molecule has 0 fully saturated rings. The van der Waals surface area contributed by atoms with E-state index in [4.69, 9.17) is 10.5 Å². The molecule has 0 bridgehead atoms. The van der Waals surface area contributed by atoms with Gasteiger partial charge in [0.1, 0.15) is 11.4 Å². The van der Waals surface area contributed by atoms with Gasteiger partial charge in [-0.25, -0.2) is 14.3 Å². The maximum Gasteiger partial charge on any atom is 0.418 e. The van der Waals surface area contributed by atoms with Crippen LogP contribution in [0.15, 0.2) is 40.1 Å². The smallest absolute Gasteiger partial charge is 0.418 e. The Morgan fingerprint density at radius 1 is 1.15 bits per heavy atom. The summed E-state index contributed by atoms with van der Waals surface area (Å²) in [6, 6.07) is 4.33. The van der Waals surface area contributed by atoms with Crippen molar-refractivity contribution in [3.63, 3.8) is 0 Å². The van der Waals surface area contributed by atoms with E-state index >= 15 is 0 Å². The van der Waals surface area contributed by atoms with Crippen molar-refractivity contribution in [1.29, 1.82) is 0 Å². The van der Waals surface area contributed by atoms with Gasteiger partial charge >= 0.3 is 17.8 Å². The van der Waals surface area contributed by atoms with E-state index in [0.29, 0.717) is 9.25 Å². The van der Waals surface area contributed by atoms with E-state index in [1.54, 1.807) is 0 Å². The minimum absolute atomic E-state index is 0.444. The number of nitrogens with two attached hydrogens (primary N) is 1. The van der Waals surface area contributed by atoms with E-state index in [-0.39, 0.29) is 0 Å². The predicted molar refractivity (Wildman–Crippen MR) is 106 cm³/mol. The molecule has 2 heterocycles. The van der Waals surface area contributed by atoms with Gasteiger partial charge in [0.2, 0.25) is 11.5 Å². The molecule has 0 aliphatic rings. The highest BCUT2D eigenvalue weighted by Gasteiger charge is 2.34. The number of alkyl halides is 3. The molecular weight excluding hydrogens is 451 g/mol. The van der Waals surface area contributed by atoms with Crippen molar-refractivity contribution in [2.45, 2.75) is 6.18 Å². The average Bonchev–Trinajstić information content (AvgIpc) is 3.15. The van der Waals surface area contributed by atoms with E-state index in [1.165, 1.54) is 13.1 Å². The summed E-state index contributed by atoms with van der Waals surface area (Å²) in [6.45, 7) is -1.01. The van der Waals surface area contributed by atoms with Crippen molar-refractivity contribution in [2.24, 2.45) is 14.1 Å². The number of aromatic hydroxyl groups is 1. The molecule has 14 heteroatoms. The number of nitrogen functional groups attached to an aromatic ring is 1. The van der Waals surface area contributed by atoms with Gasteiger partial charge in [-0.15, -0.1) is 0 Å². The maximum atomic E-state index is 13.2. The topological polar surface area (TPSA) is 151 Å². The largest absolute Gasteiger partial charge is 0.504 e. The molecule has 3 N–H and O–H groups in total. The summed E-state index contributed by atoms with van der Waals surface area (Å²) in [5, 5.41) is 13.6. The number of carbonyl (C=O) groups is 2. The molecule has 2 aromatic heterocycles. The summed E-state index contributed by atoms with van der Waals surface area (Å²) in [4.78, 5) is 48.7. The number of carbonyl (C=O) groups excluding carboxylic acids is 2. The van der Waals surface area contributed by atoms with Crippen molar-refractivity contribution in [2.75, 3.05) is 12.3 Å². The summed E-state index contributed by atoms with van der Waals surface area (Å²) in [7, 11) is 2.35. The molecule has 174 valence electrons. The third-order valence-electron chi connectivity index (χ3n) is 4.67. The maximum absolute atomic E-state index is 13.2. The van der Waals surface area contributed by atoms with Gasteiger partial charge in [0.15, 0.2) is 12.4 Å². The summed E-state index contributed by atoms with van der Waals surface area (Å²) >= 11 is 0. The number of rotatable bonds is 5. The van der Waals surface area contributed by atoms with Gasteiger partial charge in [0, 0.05) is 14.1 Å². The number of Topliss-reactive ketones (excluding diaryl/α,β-unsaturated/α-hetero) is 1. The standard InChI is InChI=1S/C19H16F3N5O6/c1-25-15(23)13(16(30)26(2)18(25)32)12(29)8-33-17(31)14-11(28)7-27(24-14)10-6-4-3-5-9(10)19(20,21)22/h3-7,28H,8,23H2,1-2H3. The van der Waals surface area contributed by atoms with Gasteiger partial charge < -0.3 is 15.6 Å². The van der Waals surface area contributed by atoms with Crippen LogP contribution >= 0.6 is 0 Å². The fourth-order valence-electron chi connectivity index (χ4n) is 2.94.